The lowest BCUT2D eigenvalue weighted by Gasteiger charge is -2.08. The van der Waals surface area contributed by atoms with E-state index >= 15 is 0 Å². The number of phenols is 1. The van der Waals surface area contributed by atoms with Crippen LogP contribution in [-0.4, -0.2) is 34.9 Å². The number of aromatic hydroxyl groups is 1. The molecular weight excluding hydrogens is 314 g/mol. The van der Waals surface area contributed by atoms with Gasteiger partial charge in [-0.05, 0) is 18.2 Å². The average Bonchev–Trinajstić information content (AvgIpc) is 2.59. The van der Waals surface area contributed by atoms with Crippen molar-refractivity contribution < 1.29 is 19.6 Å². The summed E-state index contributed by atoms with van der Waals surface area (Å²) >= 11 is 0. The van der Waals surface area contributed by atoms with Crippen molar-refractivity contribution in [3.8, 4) is 5.75 Å². The molecule has 0 fully saturated rings. The molecule has 3 N–H and O–H groups in total. The Bertz CT molecular complexity index is 762. The van der Waals surface area contributed by atoms with Gasteiger partial charge >= 0.3 is 0 Å². The zero-order chi connectivity index (χ0) is 17.5. The summed E-state index contributed by atoms with van der Waals surface area (Å²) in [6, 6.07) is 11.8. The molecule has 2 amide bonds. The van der Waals surface area contributed by atoms with Crippen LogP contribution >= 0.6 is 0 Å². The topological polar surface area (TPSA) is 122 Å². The quantitative estimate of drug-likeness (QED) is 0.421. The van der Waals surface area contributed by atoms with Gasteiger partial charge in [0.15, 0.2) is 0 Å². The Kier molecular flexibility index (Phi) is 5.45. The van der Waals surface area contributed by atoms with Gasteiger partial charge in [0.2, 0.25) is 0 Å². The van der Waals surface area contributed by atoms with Crippen molar-refractivity contribution in [2.75, 3.05) is 13.1 Å². The maximum atomic E-state index is 11.9. The van der Waals surface area contributed by atoms with Gasteiger partial charge in [0, 0.05) is 30.8 Å². The summed E-state index contributed by atoms with van der Waals surface area (Å²) in [6.45, 7) is 0.286. The van der Waals surface area contributed by atoms with Crippen molar-refractivity contribution in [2.24, 2.45) is 0 Å². The zero-order valence-electron chi connectivity index (χ0n) is 12.6. The van der Waals surface area contributed by atoms with Gasteiger partial charge in [0.1, 0.15) is 5.75 Å². The van der Waals surface area contributed by atoms with E-state index in [1.54, 1.807) is 30.3 Å². The Hall–Kier alpha value is -3.42. The number of non-ortho nitro benzene ring substituents is 1. The second-order valence-corrected chi connectivity index (χ2v) is 4.84. The largest absolute Gasteiger partial charge is 0.507 e. The van der Waals surface area contributed by atoms with Crippen molar-refractivity contribution in [2.45, 2.75) is 0 Å². The maximum Gasteiger partial charge on any atom is 0.270 e. The molecule has 0 aliphatic rings. The number of hydrogen-bond donors (Lipinski definition) is 3. The molecule has 8 heteroatoms. The molecule has 0 spiro atoms. The lowest BCUT2D eigenvalue weighted by Crippen LogP contribution is -2.34. The number of rotatable bonds is 6. The summed E-state index contributed by atoms with van der Waals surface area (Å²) in [6.07, 6.45) is 0. The predicted molar refractivity (Wildman–Crippen MR) is 85.9 cm³/mol. The second-order valence-electron chi connectivity index (χ2n) is 4.84. The fourth-order valence-electron chi connectivity index (χ4n) is 1.96. The minimum absolute atomic E-state index is 0.111. The molecule has 24 heavy (non-hydrogen) atoms. The molecule has 0 bridgehead atoms. The third-order valence-corrected chi connectivity index (χ3v) is 3.17. The van der Waals surface area contributed by atoms with Gasteiger partial charge in [-0.1, -0.05) is 18.2 Å². The van der Waals surface area contributed by atoms with Gasteiger partial charge in [-0.3, -0.25) is 19.7 Å². The SMILES string of the molecule is O=C(NCCNC(=O)c1cc([N+](=O)[O-])ccc1O)c1ccccc1. The Balaban J connectivity index is 1.86. The van der Waals surface area contributed by atoms with Crippen LogP contribution in [0.2, 0.25) is 0 Å². The van der Waals surface area contributed by atoms with Gasteiger partial charge in [-0.25, -0.2) is 0 Å². The minimum Gasteiger partial charge on any atom is -0.507 e. The van der Waals surface area contributed by atoms with Crippen LogP contribution < -0.4 is 10.6 Å². The third-order valence-electron chi connectivity index (χ3n) is 3.17. The molecule has 0 unspecified atom stereocenters. The predicted octanol–water partition coefficient (Wildman–Crippen LogP) is 1.46. The Morgan fingerprint density at radius 3 is 2.25 bits per heavy atom. The van der Waals surface area contributed by atoms with Crippen molar-refractivity contribution in [1.29, 1.82) is 0 Å². The molecular formula is C16H15N3O5. The van der Waals surface area contributed by atoms with E-state index in [0.717, 1.165) is 18.2 Å². The van der Waals surface area contributed by atoms with E-state index in [-0.39, 0.29) is 36.0 Å². The van der Waals surface area contributed by atoms with E-state index in [9.17, 15) is 24.8 Å². The first-order valence-electron chi connectivity index (χ1n) is 7.08. The number of nitrogens with one attached hydrogen (secondary N) is 2. The van der Waals surface area contributed by atoms with Gasteiger partial charge < -0.3 is 15.7 Å². The van der Waals surface area contributed by atoms with E-state index in [1.165, 1.54) is 0 Å². The molecule has 0 aliphatic heterocycles. The van der Waals surface area contributed by atoms with Crippen molar-refractivity contribution in [3.63, 3.8) is 0 Å². The lowest BCUT2D eigenvalue weighted by atomic mass is 10.1. The molecule has 8 nitrogen and oxygen atoms in total. The molecule has 0 radical (unpaired) electrons. The first-order chi connectivity index (χ1) is 11.5. The molecule has 0 saturated carbocycles. The van der Waals surface area contributed by atoms with Crippen LogP contribution in [0.1, 0.15) is 20.7 Å². The highest BCUT2D eigenvalue weighted by Gasteiger charge is 2.16. The first-order valence-corrected chi connectivity index (χ1v) is 7.08. The fraction of sp³-hybridized carbons (Fsp3) is 0.125. The molecule has 124 valence electrons. The summed E-state index contributed by atoms with van der Waals surface area (Å²) in [5, 5.41) is 25.4. The van der Waals surface area contributed by atoms with Crippen molar-refractivity contribution in [3.05, 3.63) is 69.8 Å². The summed E-state index contributed by atoms with van der Waals surface area (Å²) in [7, 11) is 0. The lowest BCUT2D eigenvalue weighted by molar-refractivity contribution is -0.384. The maximum absolute atomic E-state index is 11.9. The number of phenolic OH excluding ortho intramolecular Hbond substituents is 1. The summed E-state index contributed by atoms with van der Waals surface area (Å²) in [4.78, 5) is 33.8. The van der Waals surface area contributed by atoms with Crippen molar-refractivity contribution in [1.82, 2.24) is 10.6 Å². The Morgan fingerprint density at radius 1 is 1.00 bits per heavy atom. The van der Waals surface area contributed by atoms with Crippen LogP contribution in [0.25, 0.3) is 0 Å². The number of carbonyl (C=O) groups excluding carboxylic acids is 2. The smallest absolute Gasteiger partial charge is 0.270 e. The van der Waals surface area contributed by atoms with E-state index in [2.05, 4.69) is 10.6 Å². The van der Waals surface area contributed by atoms with E-state index in [4.69, 9.17) is 0 Å². The molecule has 0 heterocycles. The fourth-order valence-corrected chi connectivity index (χ4v) is 1.96. The number of benzene rings is 2. The summed E-state index contributed by atoms with van der Waals surface area (Å²) in [5.41, 5.74) is 0.00840. The highest BCUT2D eigenvalue weighted by Crippen LogP contribution is 2.22. The summed E-state index contributed by atoms with van der Waals surface area (Å²) in [5.74, 6) is -1.29. The van der Waals surface area contributed by atoms with Crippen LogP contribution in [0.5, 0.6) is 5.75 Å². The monoisotopic (exact) mass is 329 g/mol. The second kappa shape index (κ2) is 7.73. The van der Waals surface area contributed by atoms with Crippen LogP contribution in [0.4, 0.5) is 5.69 Å². The normalized spacial score (nSPS) is 10.0. The molecule has 2 rings (SSSR count). The van der Waals surface area contributed by atoms with E-state index in [0.29, 0.717) is 5.56 Å². The number of nitro benzene ring substituents is 1. The van der Waals surface area contributed by atoms with Crippen LogP contribution in [-0.2, 0) is 0 Å². The van der Waals surface area contributed by atoms with Gasteiger partial charge in [0.25, 0.3) is 17.5 Å². The molecule has 0 aromatic heterocycles. The molecule has 0 atom stereocenters. The van der Waals surface area contributed by atoms with Crippen LogP contribution in [0.3, 0.4) is 0 Å². The Labute approximate surface area is 137 Å². The molecule has 0 aliphatic carbocycles. The highest BCUT2D eigenvalue weighted by molar-refractivity contribution is 5.97. The molecule has 2 aromatic rings. The number of carbonyl (C=O) groups is 2. The van der Waals surface area contributed by atoms with Gasteiger partial charge in [-0.2, -0.15) is 0 Å². The van der Waals surface area contributed by atoms with Crippen LogP contribution in [0, 0.1) is 10.1 Å². The number of nitro groups is 1. The minimum atomic E-state index is -0.662. The van der Waals surface area contributed by atoms with E-state index in [1.807, 2.05) is 0 Å². The van der Waals surface area contributed by atoms with Gasteiger partial charge in [0.05, 0.1) is 10.5 Å². The van der Waals surface area contributed by atoms with Crippen molar-refractivity contribution >= 4 is 17.5 Å². The van der Waals surface area contributed by atoms with Gasteiger partial charge in [-0.15, -0.1) is 0 Å². The number of amides is 2. The number of nitrogens with zero attached hydrogens (tertiary/aromatic N) is 1. The Morgan fingerprint density at radius 2 is 1.62 bits per heavy atom. The zero-order valence-corrected chi connectivity index (χ0v) is 12.6. The average molecular weight is 329 g/mol. The first kappa shape index (κ1) is 16.9. The third kappa shape index (κ3) is 4.29. The standard InChI is InChI=1S/C16H15N3O5/c20-14-7-6-12(19(23)24)10-13(14)16(22)18-9-8-17-15(21)11-4-2-1-3-5-11/h1-7,10,20H,8-9H2,(H,17,21)(H,18,22). The van der Waals surface area contributed by atoms with E-state index < -0.39 is 10.8 Å². The highest BCUT2D eigenvalue weighted by atomic mass is 16.6. The number of hydrogen-bond acceptors (Lipinski definition) is 5. The summed E-state index contributed by atoms with van der Waals surface area (Å²) < 4.78 is 0. The van der Waals surface area contributed by atoms with Crippen LogP contribution in [0.15, 0.2) is 48.5 Å². The molecule has 0 saturated heterocycles. The molecule has 2 aromatic carbocycles.